The lowest BCUT2D eigenvalue weighted by molar-refractivity contribution is 0.318. The van der Waals surface area contributed by atoms with Crippen LogP contribution in [0.5, 0.6) is 0 Å². The van der Waals surface area contributed by atoms with Crippen molar-refractivity contribution >= 4 is 23.4 Å². The van der Waals surface area contributed by atoms with Gasteiger partial charge in [0.25, 0.3) is 0 Å². The van der Waals surface area contributed by atoms with E-state index in [2.05, 4.69) is 12.1 Å². The Kier molecular flexibility index (Phi) is 7.19. The SMILES string of the molecule is CCCCCCC(/C=C/c1ccccc1Cl)=NO. The second kappa shape index (κ2) is 8.76. The van der Waals surface area contributed by atoms with Crippen LogP contribution >= 0.6 is 11.6 Å². The summed E-state index contributed by atoms with van der Waals surface area (Å²) in [4.78, 5) is 0. The first-order chi connectivity index (χ1) is 8.77. The van der Waals surface area contributed by atoms with Crippen molar-refractivity contribution in [2.24, 2.45) is 5.16 Å². The molecule has 0 aromatic heterocycles. The molecule has 0 aliphatic carbocycles. The van der Waals surface area contributed by atoms with Gasteiger partial charge in [-0.05, 0) is 30.5 Å². The molecule has 0 aliphatic rings. The van der Waals surface area contributed by atoms with Crippen LogP contribution in [0.2, 0.25) is 5.02 Å². The van der Waals surface area contributed by atoms with Gasteiger partial charge >= 0.3 is 0 Å². The highest BCUT2D eigenvalue weighted by Gasteiger charge is 1.98. The zero-order chi connectivity index (χ0) is 13.2. The summed E-state index contributed by atoms with van der Waals surface area (Å²) in [6.07, 6.45) is 9.19. The molecule has 0 radical (unpaired) electrons. The number of rotatable bonds is 7. The highest BCUT2D eigenvalue weighted by Crippen LogP contribution is 2.16. The van der Waals surface area contributed by atoms with Gasteiger partial charge in [0.05, 0.1) is 5.71 Å². The van der Waals surface area contributed by atoms with Crippen molar-refractivity contribution in [3.63, 3.8) is 0 Å². The quantitative estimate of drug-likeness (QED) is 0.314. The summed E-state index contributed by atoms with van der Waals surface area (Å²) in [5.41, 5.74) is 1.64. The molecule has 0 spiro atoms. The van der Waals surface area contributed by atoms with Gasteiger partial charge in [-0.1, -0.05) is 67.2 Å². The third kappa shape index (κ3) is 5.37. The highest BCUT2D eigenvalue weighted by atomic mass is 35.5. The Labute approximate surface area is 114 Å². The van der Waals surface area contributed by atoms with Crippen LogP contribution in [0, 0.1) is 0 Å². The first kappa shape index (κ1) is 14.8. The Hall–Kier alpha value is -1.28. The molecule has 0 saturated heterocycles. The van der Waals surface area contributed by atoms with Crippen LogP contribution < -0.4 is 0 Å². The largest absolute Gasteiger partial charge is 0.411 e. The molecule has 0 heterocycles. The van der Waals surface area contributed by atoms with Gasteiger partial charge in [0.1, 0.15) is 0 Å². The Morgan fingerprint density at radius 1 is 1.28 bits per heavy atom. The monoisotopic (exact) mass is 265 g/mol. The van der Waals surface area contributed by atoms with Gasteiger partial charge in [-0.25, -0.2) is 0 Å². The maximum atomic E-state index is 8.93. The smallest absolute Gasteiger partial charge is 0.0795 e. The molecule has 98 valence electrons. The van der Waals surface area contributed by atoms with Crippen molar-refractivity contribution in [1.29, 1.82) is 0 Å². The third-order valence-corrected chi connectivity index (χ3v) is 3.12. The second-order valence-corrected chi connectivity index (χ2v) is 4.66. The van der Waals surface area contributed by atoms with Crippen molar-refractivity contribution in [3.8, 4) is 0 Å². The molecular weight excluding hydrogens is 246 g/mol. The predicted molar refractivity (Wildman–Crippen MR) is 78.5 cm³/mol. The summed E-state index contributed by atoms with van der Waals surface area (Å²) in [7, 11) is 0. The average Bonchev–Trinajstić information content (AvgIpc) is 2.40. The van der Waals surface area contributed by atoms with E-state index in [1.807, 2.05) is 36.4 Å². The number of allylic oxidation sites excluding steroid dienone is 1. The van der Waals surface area contributed by atoms with Gasteiger partial charge in [0, 0.05) is 5.02 Å². The van der Waals surface area contributed by atoms with E-state index >= 15 is 0 Å². The Morgan fingerprint density at radius 2 is 2.06 bits per heavy atom. The zero-order valence-electron chi connectivity index (χ0n) is 10.8. The minimum atomic E-state index is 0.700. The first-order valence-corrected chi connectivity index (χ1v) is 6.79. The minimum absolute atomic E-state index is 0.700. The maximum Gasteiger partial charge on any atom is 0.0795 e. The molecule has 0 bridgehead atoms. The molecule has 0 aliphatic heterocycles. The van der Waals surface area contributed by atoms with Crippen molar-refractivity contribution in [2.45, 2.75) is 39.0 Å². The van der Waals surface area contributed by atoms with Crippen molar-refractivity contribution in [2.75, 3.05) is 0 Å². The van der Waals surface area contributed by atoms with Gasteiger partial charge < -0.3 is 5.21 Å². The number of hydrogen-bond donors (Lipinski definition) is 1. The number of hydrogen-bond acceptors (Lipinski definition) is 2. The van der Waals surface area contributed by atoms with Crippen molar-refractivity contribution in [1.82, 2.24) is 0 Å². The Balaban J connectivity index is 2.51. The Morgan fingerprint density at radius 3 is 2.72 bits per heavy atom. The average molecular weight is 266 g/mol. The lowest BCUT2D eigenvalue weighted by Gasteiger charge is -2.00. The van der Waals surface area contributed by atoms with E-state index in [0.717, 1.165) is 18.4 Å². The molecule has 0 fully saturated rings. The van der Waals surface area contributed by atoms with Crippen LogP contribution in [0.4, 0.5) is 0 Å². The number of unbranched alkanes of at least 4 members (excludes halogenated alkanes) is 3. The lowest BCUT2D eigenvalue weighted by atomic mass is 10.1. The van der Waals surface area contributed by atoms with E-state index in [1.54, 1.807) is 0 Å². The molecule has 3 heteroatoms. The lowest BCUT2D eigenvalue weighted by Crippen LogP contribution is -1.93. The second-order valence-electron chi connectivity index (χ2n) is 4.26. The molecule has 1 rings (SSSR count). The standard InChI is InChI=1S/C15H20ClNO/c1-2-3-4-5-9-14(17-18)12-11-13-8-6-7-10-15(13)16/h6-8,10-12,18H,2-5,9H2,1H3/b12-11+,17-14?. The van der Waals surface area contributed by atoms with E-state index in [4.69, 9.17) is 16.8 Å². The topological polar surface area (TPSA) is 32.6 Å². The van der Waals surface area contributed by atoms with Crippen LogP contribution in [-0.4, -0.2) is 10.9 Å². The fourth-order valence-electron chi connectivity index (χ4n) is 1.70. The first-order valence-electron chi connectivity index (χ1n) is 6.41. The van der Waals surface area contributed by atoms with Crippen molar-refractivity contribution < 1.29 is 5.21 Å². The van der Waals surface area contributed by atoms with Gasteiger partial charge in [0.15, 0.2) is 0 Å². The molecule has 0 atom stereocenters. The molecule has 18 heavy (non-hydrogen) atoms. The van der Waals surface area contributed by atoms with Crippen LogP contribution in [0.1, 0.15) is 44.6 Å². The highest BCUT2D eigenvalue weighted by molar-refractivity contribution is 6.32. The van der Waals surface area contributed by atoms with Crippen molar-refractivity contribution in [3.05, 3.63) is 40.9 Å². The number of oxime groups is 1. The van der Waals surface area contributed by atoms with Crippen LogP contribution in [-0.2, 0) is 0 Å². The summed E-state index contributed by atoms with van der Waals surface area (Å²) >= 11 is 6.04. The summed E-state index contributed by atoms with van der Waals surface area (Å²) in [6, 6.07) is 7.61. The van der Waals surface area contributed by atoms with Gasteiger partial charge in [-0.3, -0.25) is 0 Å². The molecule has 0 saturated carbocycles. The molecule has 2 nitrogen and oxygen atoms in total. The normalized spacial score (nSPS) is 12.2. The zero-order valence-corrected chi connectivity index (χ0v) is 11.5. The summed E-state index contributed by atoms with van der Waals surface area (Å²) in [6.45, 7) is 2.18. The van der Waals surface area contributed by atoms with Gasteiger partial charge in [-0.15, -0.1) is 0 Å². The minimum Gasteiger partial charge on any atom is -0.411 e. The van der Waals surface area contributed by atoms with Gasteiger partial charge in [0.2, 0.25) is 0 Å². The van der Waals surface area contributed by atoms with Crippen LogP contribution in [0.15, 0.2) is 35.5 Å². The van der Waals surface area contributed by atoms with E-state index in [0.29, 0.717) is 10.7 Å². The number of halogens is 1. The number of benzene rings is 1. The van der Waals surface area contributed by atoms with E-state index in [-0.39, 0.29) is 0 Å². The molecular formula is C15H20ClNO. The molecule has 1 N–H and O–H groups in total. The maximum absolute atomic E-state index is 8.93. The Bertz CT molecular complexity index is 413. The molecule has 0 unspecified atom stereocenters. The van der Waals surface area contributed by atoms with E-state index in [9.17, 15) is 0 Å². The van der Waals surface area contributed by atoms with E-state index in [1.165, 1.54) is 19.3 Å². The summed E-state index contributed by atoms with van der Waals surface area (Å²) < 4.78 is 0. The molecule has 1 aromatic rings. The van der Waals surface area contributed by atoms with Crippen LogP contribution in [0.25, 0.3) is 6.08 Å². The molecule has 0 amide bonds. The van der Waals surface area contributed by atoms with E-state index < -0.39 is 0 Å². The fraction of sp³-hybridized carbons (Fsp3) is 0.400. The third-order valence-electron chi connectivity index (χ3n) is 2.78. The molecule has 1 aromatic carbocycles. The van der Waals surface area contributed by atoms with Gasteiger partial charge in [-0.2, -0.15) is 0 Å². The summed E-state index contributed by atoms with van der Waals surface area (Å²) in [5.74, 6) is 0. The number of nitrogens with zero attached hydrogens (tertiary/aromatic N) is 1. The predicted octanol–water partition coefficient (Wildman–Crippen LogP) is 5.15. The summed E-state index contributed by atoms with van der Waals surface area (Å²) in [5, 5.41) is 13.0. The fourth-order valence-corrected chi connectivity index (χ4v) is 1.89. The van der Waals surface area contributed by atoms with Crippen LogP contribution in [0.3, 0.4) is 0 Å².